The van der Waals surface area contributed by atoms with Gasteiger partial charge in [0.2, 0.25) is 11.8 Å². The fourth-order valence-corrected chi connectivity index (χ4v) is 6.41. The van der Waals surface area contributed by atoms with Gasteiger partial charge in [-0.2, -0.15) is 0 Å². The number of nitrogens with one attached hydrogen (secondary N) is 3. The molecule has 0 saturated heterocycles. The molecule has 0 aliphatic heterocycles. The van der Waals surface area contributed by atoms with Crippen molar-refractivity contribution in [3.05, 3.63) is 101 Å². The lowest BCUT2D eigenvalue weighted by molar-refractivity contribution is -0.133. The average molecular weight is 675 g/mol. The van der Waals surface area contributed by atoms with Crippen LogP contribution in [0.2, 0.25) is 0 Å². The van der Waals surface area contributed by atoms with Crippen molar-refractivity contribution >= 4 is 27.6 Å². The van der Waals surface area contributed by atoms with Crippen molar-refractivity contribution < 1.29 is 41.8 Å². The van der Waals surface area contributed by atoms with Gasteiger partial charge in [-0.1, -0.05) is 56.7 Å². The lowest BCUT2D eigenvalue weighted by atomic mass is 9.90. The maximum Gasteiger partial charge on any atom is 0.270 e. The highest BCUT2D eigenvalue weighted by atomic mass is 32.2. The maximum absolute atomic E-state index is 14.1. The predicted molar refractivity (Wildman–Crippen MR) is 171 cm³/mol. The number of aliphatic hydroxyl groups is 2. The van der Waals surface area contributed by atoms with Crippen LogP contribution in [0, 0.1) is 17.6 Å². The van der Waals surface area contributed by atoms with Gasteiger partial charge in [-0.15, -0.1) is 0 Å². The van der Waals surface area contributed by atoms with E-state index in [-0.39, 0.29) is 23.6 Å². The van der Waals surface area contributed by atoms with E-state index >= 15 is 0 Å². The Morgan fingerprint density at radius 2 is 1.53 bits per heavy atom. The Bertz CT molecular complexity index is 1580. The molecule has 3 rings (SSSR count). The molecule has 1 aromatic heterocycles. The minimum atomic E-state index is -3.87. The fourth-order valence-electron chi connectivity index (χ4n) is 4.77. The molecular weight excluding hydrogens is 634 g/mol. The molecule has 5 N–H and O–H groups in total. The summed E-state index contributed by atoms with van der Waals surface area (Å²) in [6.07, 6.45) is -1.89. The number of benzene rings is 2. The molecule has 14 heteroatoms. The van der Waals surface area contributed by atoms with E-state index in [1.807, 2.05) is 6.07 Å². The number of pyridine rings is 1. The number of hydrogen-bond donors (Lipinski definition) is 5. The first-order valence-corrected chi connectivity index (χ1v) is 17.0. The van der Waals surface area contributed by atoms with Crippen molar-refractivity contribution in [3.63, 3.8) is 0 Å². The molecule has 0 aliphatic rings. The molecule has 0 spiro atoms. The Kier molecular flexibility index (Phi) is 13.9. The summed E-state index contributed by atoms with van der Waals surface area (Å²) in [5.41, 5.74) is 0.688. The van der Waals surface area contributed by atoms with Gasteiger partial charge >= 0.3 is 0 Å². The van der Waals surface area contributed by atoms with Crippen LogP contribution in [0.1, 0.15) is 48.3 Å². The molecule has 0 aliphatic carbocycles. The Labute approximate surface area is 272 Å². The van der Waals surface area contributed by atoms with Crippen LogP contribution in [0.4, 0.5) is 8.78 Å². The van der Waals surface area contributed by atoms with Gasteiger partial charge in [0, 0.05) is 18.8 Å². The lowest BCUT2D eigenvalue weighted by Crippen LogP contribution is -2.58. The summed E-state index contributed by atoms with van der Waals surface area (Å²) in [5.74, 6) is -6.65. The third-order valence-electron chi connectivity index (χ3n) is 7.45. The molecule has 5 atom stereocenters. The van der Waals surface area contributed by atoms with Crippen LogP contribution < -0.4 is 16.0 Å². The summed E-state index contributed by atoms with van der Waals surface area (Å²) in [4.78, 5) is 43.4. The predicted octanol–water partition coefficient (Wildman–Crippen LogP) is 2.07. The zero-order valence-electron chi connectivity index (χ0n) is 26.1. The van der Waals surface area contributed by atoms with Crippen LogP contribution in [0.5, 0.6) is 0 Å². The quantitative estimate of drug-likeness (QED) is 0.145. The molecule has 1 heterocycles. The zero-order chi connectivity index (χ0) is 34.6. The second kappa shape index (κ2) is 17.6. The van der Waals surface area contributed by atoms with Crippen LogP contribution >= 0.6 is 0 Å². The maximum atomic E-state index is 14.1. The topological polar surface area (TPSA) is 175 Å². The molecule has 47 heavy (non-hydrogen) atoms. The van der Waals surface area contributed by atoms with E-state index in [9.17, 15) is 41.8 Å². The number of aromatic nitrogens is 1. The molecule has 0 fully saturated rings. The van der Waals surface area contributed by atoms with Gasteiger partial charge in [-0.25, -0.2) is 17.2 Å². The lowest BCUT2D eigenvalue weighted by Gasteiger charge is -2.32. The zero-order valence-corrected chi connectivity index (χ0v) is 26.9. The van der Waals surface area contributed by atoms with Crippen molar-refractivity contribution in [2.45, 2.75) is 63.9 Å². The normalized spacial score (nSPS) is 14.7. The molecule has 3 aromatic rings. The van der Waals surface area contributed by atoms with E-state index in [4.69, 9.17) is 0 Å². The van der Waals surface area contributed by atoms with Crippen LogP contribution in [0.15, 0.2) is 72.9 Å². The minimum Gasteiger partial charge on any atom is -0.390 e. The molecule has 3 amide bonds. The molecule has 0 radical (unpaired) electrons. The number of nitrogens with zero attached hydrogens (tertiary/aromatic N) is 1. The summed E-state index contributed by atoms with van der Waals surface area (Å²) in [7, 11) is -3.87. The molecule has 2 aromatic carbocycles. The number of hydrogen-bond acceptors (Lipinski definition) is 8. The first-order valence-electron chi connectivity index (χ1n) is 15.1. The smallest absolute Gasteiger partial charge is 0.270 e. The van der Waals surface area contributed by atoms with Crippen molar-refractivity contribution in [1.82, 2.24) is 20.9 Å². The summed E-state index contributed by atoms with van der Waals surface area (Å²) >= 11 is 0. The summed E-state index contributed by atoms with van der Waals surface area (Å²) in [6, 6.07) is 12.8. The number of halogens is 2. The van der Waals surface area contributed by atoms with Crippen LogP contribution in [-0.4, -0.2) is 77.1 Å². The van der Waals surface area contributed by atoms with Gasteiger partial charge in [-0.05, 0) is 48.2 Å². The number of carbonyl (C=O) groups is 3. The number of carbonyl (C=O) groups excluding carboxylic acids is 3. The second-order valence-corrected chi connectivity index (χ2v) is 13.5. The summed E-state index contributed by atoms with van der Waals surface area (Å²) in [5, 5.41) is 29.8. The summed E-state index contributed by atoms with van der Waals surface area (Å²) < 4.78 is 53.9. The average Bonchev–Trinajstić information content (AvgIpc) is 3.04. The molecule has 1 unspecified atom stereocenters. The van der Waals surface area contributed by atoms with Crippen LogP contribution in [0.3, 0.4) is 0 Å². The van der Waals surface area contributed by atoms with E-state index in [1.54, 1.807) is 37.3 Å². The van der Waals surface area contributed by atoms with E-state index in [0.717, 1.165) is 17.7 Å². The van der Waals surface area contributed by atoms with Gasteiger partial charge in [0.1, 0.15) is 29.5 Å². The van der Waals surface area contributed by atoms with E-state index in [1.165, 1.54) is 25.3 Å². The summed E-state index contributed by atoms with van der Waals surface area (Å²) in [6.45, 7) is 3.28. The Balaban J connectivity index is 1.87. The van der Waals surface area contributed by atoms with Gasteiger partial charge in [0.25, 0.3) is 5.91 Å². The molecule has 11 nitrogen and oxygen atoms in total. The highest BCUT2D eigenvalue weighted by molar-refractivity contribution is 7.91. The first-order chi connectivity index (χ1) is 22.3. The second-order valence-electron chi connectivity index (χ2n) is 11.3. The molecular formula is C33H40F2N4O7S. The highest BCUT2D eigenvalue weighted by Gasteiger charge is 2.37. The third-order valence-corrected chi connectivity index (χ3v) is 9.20. The number of unbranched alkanes of at least 4 members (excludes halogenated alkanes) is 1. The SMILES string of the molecule is CCCCS(=O)(=O)CC(NC(=O)c1ccccn1)C(=O)N[C@@H](Cc1cc(F)cc(F)c1)[C@@H](O)[C@H](O)[C@@H](C)C(=O)NCc1ccccc1. The number of amides is 3. The largest absolute Gasteiger partial charge is 0.390 e. The van der Waals surface area contributed by atoms with E-state index in [2.05, 4.69) is 20.9 Å². The van der Waals surface area contributed by atoms with Crippen molar-refractivity contribution in [3.8, 4) is 0 Å². The van der Waals surface area contributed by atoms with E-state index < -0.39 is 81.6 Å². The van der Waals surface area contributed by atoms with Crippen LogP contribution in [0.25, 0.3) is 0 Å². The van der Waals surface area contributed by atoms with Gasteiger partial charge in [0.15, 0.2) is 9.84 Å². The highest BCUT2D eigenvalue weighted by Crippen LogP contribution is 2.18. The van der Waals surface area contributed by atoms with Gasteiger partial charge < -0.3 is 26.2 Å². The molecule has 254 valence electrons. The van der Waals surface area contributed by atoms with Crippen molar-refractivity contribution in [2.75, 3.05) is 11.5 Å². The first kappa shape index (κ1) is 37.2. The van der Waals surface area contributed by atoms with E-state index in [0.29, 0.717) is 18.9 Å². The fraction of sp³-hybridized carbons (Fsp3) is 0.394. The number of rotatable bonds is 17. The third kappa shape index (κ3) is 11.8. The van der Waals surface area contributed by atoms with Gasteiger partial charge in [-0.3, -0.25) is 19.4 Å². The minimum absolute atomic E-state index is 0.00938. The van der Waals surface area contributed by atoms with Crippen molar-refractivity contribution in [1.29, 1.82) is 0 Å². The number of aliphatic hydroxyl groups excluding tert-OH is 2. The Morgan fingerprint density at radius 3 is 2.15 bits per heavy atom. The Hall–Kier alpha value is -4.27. The monoisotopic (exact) mass is 674 g/mol. The Morgan fingerprint density at radius 1 is 0.872 bits per heavy atom. The molecule has 0 bridgehead atoms. The standard InChI is InChI=1S/C33H40F2N4O7S/c1-3-4-14-47(45,46)20-28(39-32(43)26-12-8-9-13-36-26)33(44)38-27(17-23-15-24(34)18-25(35)16-23)30(41)29(40)21(2)31(42)37-19-22-10-6-5-7-11-22/h5-13,15-16,18,21,27-30,40-41H,3-4,14,17,19-20H2,1-2H3,(H,37,42)(H,38,44)(H,39,43)/t21-,27+,28?,29-,30-/m1/s1. The van der Waals surface area contributed by atoms with Crippen molar-refractivity contribution in [2.24, 2.45) is 5.92 Å². The van der Waals surface area contributed by atoms with Crippen LogP contribution in [-0.2, 0) is 32.4 Å². The molecule has 0 saturated carbocycles. The number of sulfone groups is 1. The van der Waals surface area contributed by atoms with Gasteiger partial charge in [0.05, 0.1) is 29.6 Å².